The number of fused-ring (bicyclic) bond motifs is 1. The van der Waals surface area contributed by atoms with Crippen molar-refractivity contribution < 1.29 is 33.4 Å². The average Bonchev–Trinajstić information content (AvgIpc) is 3.08. The molecule has 2 aromatic carbocycles. The van der Waals surface area contributed by atoms with Crippen molar-refractivity contribution in [3.8, 4) is 17.7 Å². The molecule has 1 N–H and O–H groups in total. The van der Waals surface area contributed by atoms with Crippen LogP contribution in [0.5, 0.6) is 5.88 Å². The lowest BCUT2D eigenvalue weighted by atomic mass is 10.1. The molecule has 0 aliphatic carbocycles. The normalized spacial score (nSPS) is 13.5. The van der Waals surface area contributed by atoms with Crippen molar-refractivity contribution in [2.45, 2.75) is 59.6 Å². The molecule has 1 atom stereocenters. The van der Waals surface area contributed by atoms with Gasteiger partial charge in [0, 0.05) is 29.1 Å². The fourth-order valence-corrected chi connectivity index (χ4v) is 4.66. The number of carbonyl (C=O) groups excluding carboxylic acids is 4. The Morgan fingerprint density at radius 3 is 2.50 bits per heavy atom. The average molecular weight is 628 g/mol. The maximum Gasteiger partial charge on any atom is 0.414 e. The lowest BCUT2D eigenvalue weighted by Crippen LogP contribution is -2.43. The van der Waals surface area contributed by atoms with Crippen molar-refractivity contribution in [1.29, 1.82) is 0 Å². The highest BCUT2D eigenvalue weighted by atomic mass is 16.6. The van der Waals surface area contributed by atoms with E-state index in [4.69, 9.17) is 14.2 Å². The molecule has 0 saturated carbocycles. The first-order valence-corrected chi connectivity index (χ1v) is 14.8. The fraction of sp³-hybridized carbons (Fsp3) is 0.353. The molecule has 1 aliphatic heterocycles. The number of nitrogens with one attached hydrogen (secondary N) is 1. The Bertz CT molecular complexity index is 1670. The summed E-state index contributed by atoms with van der Waals surface area (Å²) in [6, 6.07) is 15.1. The minimum Gasteiger partial charge on any atom is -0.466 e. The number of anilines is 3. The SMILES string of the molecule is CCOC(=O)CC(C)N1CC(=O)N(c2ccccc2)c2ccc(C#CCOc3cc(C)nc(NC(=O)OC(C)(C)C)n3)cc2C1=O. The van der Waals surface area contributed by atoms with Crippen LogP contribution in [0.4, 0.5) is 22.1 Å². The molecule has 0 spiro atoms. The largest absolute Gasteiger partial charge is 0.466 e. The van der Waals surface area contributed by atoms with Crippen molar-refractivity contribution in [3.63, 3.8) is 0 Å². The molecular weight excluding hydrogens is 590 g/mol. The second-order valence-electron chi connectivity index (χ2n) is 11.5. The number of rotatable bonds is 8. The second kappa shape index (κ2) is 14.6. The Hall–Kier alpha value is -5.44. The van der Waals surface area contributed by atoms with Gasteiger partial charge in [0.25, 0.3) is 11.8 Å². The highest BCUT2D eigenvalue weighted by Gasteiger charge is 2.35. The Kier molecular flexibility index (Phi) is 10.6. The third-order valence-corrected chi connectivity index (χ3v) is 6.57. The quantitative estimate of drug-likeness (QED) is 0.269. The lowest BCUT2D eigenvalue weighted by Gasteiger charge is -2.27. The summed E-state index contributed by atoms with van der Waals surface area (Å²) in [4.78, 5) is 63.1. The number of aryl methyl sites for hydroxylation is 1. The van der Waals surface area contributed by atoms with E-state index in [0.717, 1.165) is 0 Å². The molecule has 240 valence electrons. The van der Waals surface area contributed by atoms with Gasteiger partial charge in [-0.15, -0.1) is 0 Å². The number of para-hydroxylation sites is 1. The van der Waals surface area contributed by atoms with Crippen LogP contribution >= 0.6 is 0 Å². The smallest absolute Gasteiger partial charge is 0.414 e. The minimum absolute atomic E-state index is 0.0285. The summed E-state index contributed by atoms with van der Waals surface area (Å²) in [7, 11) is 0. The monoisotopic (exact) mass is 627 g/mol. The van der Waals surface area contributed by atoms with Gasteiger partial charge in [-0.1, -0.05) is 30.0 Å². The molecule has 1 unspecified atom stereocenters. The van der Waals surface area contributed by atoms with Gasteiger partial charge in [-0.05, 0) is 71.9 Å². The summed E-state index contributed by atoms with van der Waals surface area (Å²) in [6.45, 7) is 10.3. The summed E-state index contributed by atoms with van der Waals surface area (Å²) in [6.07, 6.45) is -0.745. The van der Waals surface area contributed by atoms with E-state index in [1.54, 1.807) is 77.9 Å². The van der Waals surface area contributed by atoms with Crippen molar-refractivity contribution in [2.24, 2.45) is 0 Å². The number of ether oxygens (including phenoxy) is 3. The summed E-state index contributed by atoms with van der Waals surface area (Å²) < 4.78 is 16.0. The van der Waals surface area contributed by atoms with Gasteiger partial charge < -0.3 is 19.1 Å². The molecule has 3 amide bonds. The van der Waals surface area contributed by atoms with E-state index < -0.39 is 29.6 Å². The molecule has 12 heteroatoms. The highest BCUT2D eigenvalue weighted by molar-refractivity contribution is 6.13. The van der Waals surface area contributed by atoms with Crippen LogP contribution in [0, 0.1) is 18.8 Å². The Morgan fingerprint density at radius 1 is 1.07 bits per heavy atom. The molecule has 1 aliphatic rings. The molecule has 0 saturated heterocycles. The Morgan fingerprint density at radius 2 is 1.80 bits per heavy atom. The number of aromatic nitrogens is 2. The molecule has 2 heterocycles. The zero-order valence-electron chi connectivity index (χ0n) is 26.7. The Labute approximate surface area is 268 Å². The van der Waals surface area contributed by atoms with Crippen molar-refractivity contribution in [2.75, 3.05) is 30.0 Å². The number of esters is 1. The first-order valence-electron chi connectivity index (χ1n) is 14.8. The van der Waals surface area contributed by atoms with Gasteiger partial charge in [-0.25, -0.2) is 9.78 Å². The van der Waals surface area contributed by atoms with Gasteiger partial charge >= 0.3 is 12.1 Å². The van der Waals surface area contributed by atoms with Crippen molar-refractivity contribution in [3.05, 3.63) is 71.4 Å². The van der Waals surface area contributed by atoms with E-state index in [-0.39, 0.29) is 49.5 Å². The van der Waals surface area contributed by atoms with E-state index >= 15 is 0 Å². The third kappa shape index (κ3) is 8.81. The van der Waals surface area contributed by atoms with Gasteiger partial charge in [0.05, 0.1) is 24.3 Å². The maximum absolute atomic E-state index is 13.9. The van der Waals surface area contributed by atoms with E-state index in [9.17, 15) is 19.2 Å². The lowest BCUT2D eigenvalue weighted by molar-refractivity contribution is -0.144. The molecule has 0 radical (unpaired) electrons. The molecule has 12 nitrogen and oxygen atoms in total. The van der Waals surface area contributed by atoms with Gasteiger partial charge in [0.2, 0.25) is 11.8 Å². The van der Waals surface area contributed by atoms with Crippen LogP contribution in [0.3, 0.4) is 0 Å². The van der Waals surface area contributed by atoms with Crippen LogP contribution in [0.2, 0.25) is 0 Å². The molecule has 1 aromatic heterocycles. The molecule has 4 rings (SSSR count). The predicted octanol–water partition coefficient (Wildman–Crippen LogP) is 5.02. The zero-order chi connectivity index (χ0) is 33.4. The van der Waals surface area contributed by atoms with E-state index in [1.807, 2.05) is 18.2 Å². The topological polar surface area (TPSA) is 140 Å². The number of carbonyl (C=O) groups is 4. The van der Waals surface area contributed by atoms with Crippen LogP contribution in [0.1, 0.15) is 62.7 Å². The molecule has 3 aromatic rings. The predicted molar refractivity (Wildman–Crippen MR) is 171 cm³/mol. The first-order chi connectivity index (χ1) is 21.8. The highest BCUT2D eigenvalue weighted by Crippen LogP contribution is 2.33. The number of hydrogen-bond acceptors (Lipinski definition) is 9. The van der Waals surface area contributed by atoms with Crippen LogP contribution in [0.15, 0.2) is 54.6 Å². The van der Waals surface area contributed by atoms with Crippen LogP contribution in [0.25, 0.3) is 0 Å². The van der Waals surface area contributed by atoms with E-state index in [1.165, 1.54) is 9.80 Å². The van der Waals surface area contributed by atoms with Gasteiger partial charge in [-0.2, -0.15) is 4.98 Å². The number of benzene rings is 2. The van der Waals surface area contributed by atoms with Crippen LogP contribution < -0.4 is 15.0 Å². The summed E-state index contributed by atoms with van der Waals surface area (Å²) >= 11 is 0. The summed E-state index contributed by atoms with van der Waals surface area (Å²) in [5.74, 6) is 4.97. The molecule has 0 fully saturated rings. The number of amides is 3. The van der Waals surface area contributed by atoms with Crippen molar-refractivity contribution >= 4 is 41.2 Å². The minimum atomic E-state index is -0.692. The molecule has 0 bridgehead atoms. The second-order valence-corrected chi connectivity index (χ2v) is 11.5. The molecule has 46 heavy (non-hydrogen) atoms. The standard InChI is InChI=1S/C34H37N5O7/c1-7-44-30(41)19-23(3)38-21-29(40)39(25-13-9-8-10-14-25)27-16-15-24(20-26(27)31(38)42)12-11-17-45-28-18-22(2)35-32(36-28)37-33(43)46-34(4,5)6/h8-10,13-16,18,20,23H,7,17,19,21H2,1-6H3,(H,35,36,37,43). The molecular formula is C34H37N5O7. The fourth-order valence-electron chi connectivity index (χ4n) is 4.66. The van der Waals surface area contributed by atoms with Crippen LogP contribution in [-0.2, 0) is 19.1 Å². The van der Waals surface area contributed by atoms with Gasteiger partial charge in [0.15, 0.2) is 6.61 Å². The van der Waals surface area contributed by atoms with Gasteiger partial charge in [0.1, 0.15) is 12.1 Å². The van der Waals surface area contributed by atoms with Crippen LogP contribution in [-0.4, -0.2) is 70.1 Å². The van der Waals surface area contributed by atoms with E-state index in [2.05, 4.69) is 27.1 Å². The summed E-state index contributed by atoms with van der Waals surface area (Å²) in [5.41, 5.74) is 1.68. The Balaban J connectivity index is 1.57. The van der Waals surface area contributed by atoms with Crippen molar-refractivity contribution in [1.82, 2.24) is 14.9 Å². The third-order valence-electron chi connectivity index (χ3n) is 6.57. The number of hydrogen-bond donors (Lipinski definition) is 1. The van der Waals surface area contributed by atoms with Gasteiger partial charge in [-0.3, -0.25) is 24.6 Å². The van der Waals surface area contributed by atoms with E-state index in [0.29, 0.717) is 22.6 Å². The maximum atomic E-state index is 13.9. The first kappa shape index (κ1) is 33.5. The zero-order valence-corrected chi connectivity index (χ0v) is 26.7. The summed E-state index contributed by atoms with van der Waals surface area (Å²) in [5, 5.41) is 2.49. The number of nitrogens with zero attached hydrogens (tertiary/aromatic N) is 4.